The van der Waals surface area contributed by atoms with E-state index in [-0.39, 0.29) is 47.2 Å². The van der Waals surface area contributed by atoms with E-state index >= 15 is 0 Å². The van der Waals surface area contributed by atoms with Crippen LogP contribution in [0.15, 0.2) is 24.3 Å². The summed E-state index contributed by atoms with van der Waals surface area (Å²) < 4.78 is 19.2. The van der Waals surface area contributed by atoms with Crippen molar-refractivity contribution in [1.82, 2.24) is 14.7 Å². The minimum Gasteiger partial charge on any atom is -0.391 e. The molecule has 194 valence electrons. The number of β-amino-alcohol motifs (C(OH)–C–C–N with tert-alkyl or cyclic N) is 1. The minimum absolute atomic E-state index is 0.00616. The lowest BCUT2D eigenvalue weighted by atomic mass is 9.90. The molecule has 5 rings (SSSR count). The fourth-order valence-electron chi connectivity index (χ4n) is 5.57. The predicted octanol–water partition coefficient (Wildman–Crippen LogP) is 2.43. The number of nitrogens with zero attached hydrogens (tertiary/aromatic N) is 3. The lowest BCUT2D eigenvalue weighted by Crippen LogP contribution is -2.61. The van der Waals surface area contributed by atoms with Crippen LogP contribution in [0.5, 0.6) is 0 Å². The second-order valence-electron chi connectivity index (χ2n) is 10.4. The molecule has 1 N–H and O–H groups in total. The van der Waals surface area contributed by atoms with E-state index in [1.165, 1.54) is 35.3 Å². The molecule has 0 bridgehead atoms. The third-order valence-corrected chi connectivity index (χ3v) is 8.47. The van der Waals surface area contributed by atoms with Crippen molar-refractivity contribution in [3.8, 4) is 0 Å². The van der Waals surface area contributed by atoms with E-state index in [1.807, 2.05) is 0 Å². The summed E-state index contributed by atoms with van der Waals surface area (Å²) in [6.07, 6.45) is 5.56. The molecule has 4 aliphatic rings. The van der Waals surface area contributed by atoms with Crippen LogP contribution < -0.4 is 0 Å². The number of rotatable bonds is 5. The van der Waals surface area contributed by atoms with Crippen molar-refractivity contribution in [1.29, 1.82) is 0 Å². The summed E-state index contributed by atoms with van der Waals surface area (Å²) in [6, 6.07) is 3.26. The molecule has 1 aliphatic carbocycles. The number of aliphatic hydroxyl groups excluding tert-OH is 1. The number of piperidine rings is 1. The van der Waals surface area contributed by atoms with Crippen molar-refractivity contribution in [3.63, 3.8) is 0 Å². The number of halogens is 2. The summed E-state index contributed by atoms with van der Waals surface area (Å²) in [4.78, 5) is 43.7. The largest absolute Gasteiger partial charge is 0.391 e. The number of ether oxygens (including phenoxy) is 1. The van der Waals surface area contributed by atoms with Crippen LogP contribution in [0.3, 0.4) is 0 Å². The van der Waals surface area contributed by atoms with Crippen molar-refractivity contribution >= 4 is 35.4 Å². The summed E-state index contributed by atoms with van der Waals surface area (Å²) in [6.45, 7) is 3.28. The van der Waals surface area contributed by atoms with E-state index in [1.54, 1.807) is 16.7 Å². The molecule has 0 radical (unpaired) electrons. The van der Waals surface area contributed by atoms with E-state index in [0.29, 0.717) is 31.7 Å². The monoisotopic (exact) mass is 519 g/mol. The van der Waals surface area contributed by atoms with Crippen molar-refractivity contribution in [2.75, 3.05) is 26.2 Å². The van der Waals surface area contributed by atoms with Gasteiger partial charge in [-0.05, 0) is 61.8 Å². The maximum atomic E-state index is 13.4. The molecule has 0 aromatic heterocycles. The van der Waals surface area contributed by atoms with E-state index in [4.69, 9.17) is 16.3 Å². The average molecular weight is 520 g/mol. The van der Waals surface area contributed by atoms with Gasteiger partial charge in [0.1, 0.15) is 11.9 Å². The minimum atomic E-state index is -0.679. The maximum Gasteiger partial charge on any atom is 0.247 e. The standard InChI is InChI=1S/C26H31ClFN3O5/c1-16-25(35)31-18(4-7-22(33)29-11-10-26(8-9-26)21(32)13-29)15-36-24(31)14-30(16)23(34)6-3-17-2-5-20(28)19(27)12-17/h2-3,5-6,12,16,18,21,24,32H,4,7-11,13-15H2,1H3/t16-,18-,21+,24-/m0/s1. The van der Waals surface area contributed by atoms with Gasteiger partial charge < -0.3 is 24.5 Å². The van der Waals surface area contributed by atoms with Gasteiger partial charge in [0.05, 0.1) is 30.3 Å². The van der Waals surface area contributed by atoms with Gasteiger partial charge in [-0.25, -0.2) is 4.39 Å². The van der Waals surface area contributed by atoms with Gasteiger partial charge in [0, 0.05) is 25.6 Å². The third kappa shape index (κ3) is 4.76. The molecule has 4 fully saturated rings. The van der Waals surface area contributed by atoms with Gasteiger partial charge >= 0.3 is 0 Å². The first-order chi connectivity index (χ1) is 17.2. The zero-order chi connectivity index (χ0) is 25.6. The van der Waals surface area contributed by atoms with Crippen molar-refractivity contribution in [3.05, 3.63) is 40.7 Å². The molecule has 10 heteroatoms. The number of likely N-dealkylation sites (tertiary alicyclic amines) is 1. The van der Waals surface area contributed by atoms with Crippen LogP contribution in [0, 0.1) is 11.2 Å². The first kappa shape index (κ1) is 25.2. The van der Waals surface area contributed by atoms with Crippen LogP contribution in [-0.4, -0.2) is 88.2 Å². The number of hydrogen-bond acceptors (Lipinski definition) is 5. The summed E-state index contributed by atoms with van der Waals surface area (Å²) in [5.74, 6) is -1.11. The molecule has 3 saturated heterocycles. The Hall–Kier alpha value is -2.49. The van der Waals surface area contributed by atoms with Gasteiger partial charge in [0.15, 0.2) is 6.23 Å². The molecule has 3 heterocycles. The molecule has 36 heavy (non-hydrogen) atoms. The van der Waals surface area contributed by atoms with E-state index in [9.17, 15) is 23.9 Å². The summed E-state index contributed by atoms with van der Waals surface area (Å²) >= 11 is 5.80. The molecular weight excluding hydrogens is 489 g/mol. The Labute approximate surface area is 214 Å². The molecule has 3 amide bonds. The highest BCUT2D eigenvalue weighted by atomic mass is 35.5. The molecule has 1 spiro atoms. The van der Waals surface area contributed by atoms with Gasteiger partial charge in [-0.3, -0.25) is 14.4 Å². The van der Waals surface area contributed by atoms with Crippen molar-refractivity contribution in [2.45, 2.75) is 63.4 Å². The molecule has 8 nitrogen and oxygen atoms in total. The number of amides is 3. The predicted molar refractivity (Wildman–Crippen MR) is 130 cm³/mol. The van der Waals surface area contributed by atoms with Crippen LogP contribution in [-0.2, 0) is 19.1 Å². The molecule has 3 aliphatic heterocycles. The topological polar surface area (TPSA) is 90.4 Å². The normalized spacial score (nSPS) is 29.2. The Morgan fingerprint density at radius 2 is 2.06 bits per heavy atom. The van der Waals surface area contributed by atoms with Gasteiger partial charge in [-0.1, -0.05) is 17.7 Å². The van der Waals surface area contributed by atoms with Gasteiger partial charge in [-0.15, -0.1) is 0 Å². The van der Waals surface area contributed by atoms with Gasteiger partial charge in [0.2, 0.25) is 17.7 Å². The quantitative estimate of drug-likeness (QED) is 0.603. The molecular formula is C26H31ClFN3O5. The first-order valence-electron chi connectivity index (χ1n) is 12.5. The molecule has 1 aromatic carbocycles. The highest BCUT2D eigenvalue weighted by Crippen LogP contribution is 2.53. The number of benzene rings is 1. The number of hydrogen-bond donors (Lipinski definition) is 1. The van der Waals surface area contributed by atoms with Gasteiger partial charge in [-0.2, -0.15) is 0 Å². The average Bonchev–Trinajstić information content (AvgIpc) is 3.53. The highest BCUT2D eigenvalue weighted by molar-refractivity contribution is 6.30. The number of piperazine rings is 1. The number of carbonyl (C=O) groups is 3. The summed E-state index contributed by atoms with van der Waals surface area (Å²) in [5.41, 5.74) is 0.618. The fourth-order valence-corrected chi connectivity index (χ4v) is 5.76. The van der Waals surface area contributed by atoms with Crippen LogP contribution in [0.4, 0.5) is 4.39 Å². The van der Waals surface area contributed by atoms with Crippen LogP contribution in [0.1, 0.15) is 44.6 Å². The van der Waals surface area contributed by atoms with Crippen LogP contribution in [0.2, 0.25) is 5.02 Å². The Balaban J connectivity index is 1.16. The number of aliphatic hydroxyl groups is 1. The summed E-state index contributed by atoms with van der Waals surface area (Å²) in [5, 5.41) is 10.4. The Bertz CT molecular complexity index is 1090. The second kappa shape index (κ2) is 9.76. The second-order valence-corrected chi connectivity index (χ2v) is 10.8. The lowest BCUT2D eigenvalue weighted by Gasteiger charge is -2.42. The number of carbonyl (C=O) groups excluding carboxylic acids is 3. The van der Waals surface area contributed by atoms with E-state index in [2.05, 4.69) is 0 Å². The molecule has 1 saturated carbocycles. The smallest absolute Gasteiger partial charge is 0.247 e. The van der Waals surface area contributed by atoms with Crippen LogP contribution >= 0.6 is 11.6 Å². The van der Waals surface area contributed by atoms with Crippen molar-refractivity contribution in [2.24, 2.45) is 5.41 Å². The highest BCUT2D eigenvalue weighted by Gasteiger charge is 2.52. The van der Waals surface area contributed by atoms with Crippen molar-refractivity contribution < 1.29 is 28.6 Å². The molecule has 0 unspecified atom stereocenters. The maximum absolute atomic E-state index is 13.4. The van der Waals surface area contributed by atoms with Gasteiger partial charge in [0.25, 0.3) is 0 Å². The SMILES string of the molecule is C[C@H]1C(=O)N2[C@@H](CCC(=O)N3CCC4(CC4)[C@H](O)C3)CO[C@H]2CN1C(=O)C=Cc1ccc(F)c(Cl)c1. The lowest BCUT2D eigenvalue weighted by molar-refractivity contribution is -0.160. The Morgan fingerprint density at radius 3 is 2.75 bits per heavy atom. The summed E-state index contributed by atoms with van der Waals surface area (Å²) in [7, 11) is 0. The van der Waals surface area contributed by atoms with E-state index < -0.39 is 24.2 Å². The Kier molecular flexibility index (Phi) is 6.82. The first-order valence-corrected chi connectivity index (χ1v) is 12.9. The van der Waals surface area contributed by atoms with Crippen LogP contribution in [0.25, 0.3) is 6.08 Å². The number of fused-ring (bicyclic) bond motifs is 1. The third-order valence-electron chi connectivity index (χ3n) is 8.18. The Morgan fingerprint density at radius 1 is 1.28 bits per heavy atom. The zero-order valence-corrected chi connectivity index (χ0v) is 21.0. The fraction of sp³-hybridized carbons (Fsp3) is 0.577. The van der Waals surface area contributed by atoms with E-state index in [0.717, 1.165) is 19.3 Å². The zero-order valence-electron chi connectivity index (χ0n) is 20.2. The molecule has 4 atom stereocenters. The molecule has 1 aromatic rings.